The molecule has 0 aliphatic carbocycles. The van der Waals surface area contributed by atoms with Crippen LogP contribution in [0.15, 0.2) is 30.3 Å². The van der Waals surface area contributed by atoms with E-state index in [1.54, 1.807) is 0 Å². The summed E-state index contributed by atoms with van der Waals surface area (Å²) in [7, 11) is 0. The van der Waals surface area contributed by atoms with Gasteiger partial charge in [0.2, 0.25) is 0 Å². The molecule has 0 fully saturated rings. The van der Waals surface area contributed by atoms with E-state index < -0.39 is 0 Å². The Balaban J connectivity index is 1.94. The number of halogens is 1. The molecule has 17 heavy (non-hydrogen) atoms. The van der Waals surface area contributed by atoms with Gasteiger partial charge in [-0.05, 0) is 28.8 Å². The zero-order valence-electron chi connectivity index (χ0n) is 9.15. The molecule has 0 saturated heterocycles. The third-order valence-corrected chi connectivity index (χ3v) is 4.32. The predicted octanol–water partition coefficient (Wildman–Crippen LogP) is 3.48. The van der Waals surface area contributed by atoms with E-state index in [4.69, 9.17) is 22.1 Å². The molecule has 1 unspecified atom stereocenters. The zero-order valence-corrected chi connectivity index (χ0v) is 10.7. The predicted molar refractivity (Wildman–Crippen MR) is 70.3 cm³/mol. The molecule has 1 aliphatic rings. The quantitative estimate of drug-likeness (QED) is 0.902. The molecule has 1 aliphatic heterocycles. The van der Waals surface area contributed by atoms with Crippen molar-refractivity contribution in [1.82, 2.24) is 0 Å². The van der Waals surface area contributed by atoms with Crippen molar-refractivity contribution >= 4 is 22.9 Å². The third-order valence-electron chi connectivity index (χ3n) is 3.01. The lowest BCUT2D eigenvalue weighted by Crippen LogP contribution is -2.10. The van der Waals surface area contributed by atoms with Gasteiger partial charge in [0, 0.05) is 4.88 Å². The first-order valence-corrected chi connectivity index (χ1v) is 6.64. The first kappa shape index (κ1) is 11.2. The summed E-state index contributed by atoms with van der Waals surface area (Å²) in [6, 6.07) is 10.1. The van der Waals surface area contributed by atoms with Crippen LogP contribution in [0.25, 0.3) is 0 Å². The smallest absolute Gasteiger partial charge is 0.0931 e. The van der Waals surface area contributed by atoms with E-state index in [1.807, 2.05) is 12.1 Å². The molecule has 3 rings (SSSR count). The van der Waals surface area contributed by atoms with E-state index >= 15 is 0 Å². The van der Waals surface area contributed by atoms with E-state index in [0.29, 0.717) is 6.61 Å². The summed E-state index contributed by atoms with van der Waals surface area (Å²) in [6.45, 7) is 1.41. The highest BCUT2D eigenvalue weighted by Crippen LogP contribution is 2.31. The number of fused-ring (bicyclic) bond motifs is 1. The van der Waals surface area contributed by atoms with Crippen LogP contribution >= 0.6 is 22.9 Å². The number of nitrogens with two attached hydrogens (primary N) is 1. The number of rotatable bonds is 2. The fourth-order valence-corrected chi connectivity index (χ4v) is 3.14. The van der Waals surface area contributed by atoms with Crippen molar-refractivity contribution < 1.29 is 4.74 Å². The van der Waals surface area contributed by atoms with Gasteiger partial charge in [-0.3, -0.25) is 0 Å². The lowest BCUT2D eigenvalue weighted by molar-refractivity contribution is 0.134. The summed E-state index contributed by atoms with van der Waals surface area (Å²) >= 11 is 7.46. The van der Waals surface area contributed by atoms with Crippen molar-refractivity contribution in [3.63, 3.8) is 0 Å². The number of thiophene rings is 1. The van der Waals surface area contributed by atoms with Gasteiger partial charge in [-0.2, -0.15) is 0 Å². The summed E-state index contributed by atoms with van der Waals surface area (Å²) in [4.78, 5) is 1.09. The summed E-state index contributed by atoms with van der Waals surface area (Å²) in [5.74, 6) is 0. The lowest BCUT2D eigenvalue weighted by Gasteiger charge is -2.11. The maximum Gasteiger partial charge on any atom is 0.0931 e. The van der Waals surface area contributed by atoms with Gasteiger partial charge in [-0.1, -0.05) is 29.8 Å². The summed E-state index contributed by atoms with van der Waals surface area (Å²) < 4.78 is 6.18. The van der Waals surface area contributed by atoms with Crippen LogP contribution in [0.4, 0.5) is 0 Å². The molecule has 2 nitrogen and oxygen atoms in total. The molecule has 0 saturated carbocycles. The summed E-state index contributed by atoms with van der Waals surface area (Å²) in [6.07, 6.45) is 0. The number of benzene rings is 1. The summed E-state index contributed by atoms with van der Waals surface area (Å²) in [5.41, 5.74) is 9.87. The van der Waals surface area contributed by atoms with Crippen LogP contribution in [0.1, 0.15) is 27.6 Å². The molecule has 2 N–H and O–H groups in total. The largest absolute Gasteiger partial charge is 0.372 e. The third kappa shape index (κ3) is 2.11. The Morgan fingerprint density at radius 2 is 2.00 bits per heavy atom. The maximum atomic E-state index is 6.23. The van der Waals surface area contributed by atoms with Crippen molar-refractivity contribution in [2.75, 3.05) is 0 Å². The Hall–Kier alpha value is -0.870. The van der Waals surface area contributed by atoms with Crippen LogP contribution in [0.3, 0.4) is 0 Å². The second-order valence-corrected chi connectivity index (χ2v) is 5.89. The van der Waals surface area contributed by atoms with Gasteiger partial charge < -0.3 is 10.5 Å². The Bertz CT molecular complexity index is 552. The molecule has 1 atom stereocenters. The zero-order chi connectivity index (χ0) is 11.8. The first-order chi connectivity index (χ1) is 8.24. The molecule has 0 amide bonds. The second kappa shape index (κ2) is 4.42. The molecule has 2 aromatic rings. The highest BCUT2D eigenvalue weighted by atomic mass is 35.5. The van der Waals surface area contributed by atoms with Crippen LogP contribution in [-0.2, 0) is 18.0 Å². The van der Waals surface area contributed by atoms with Crippen LogP contribution < -0.4 is 5.73 Å². The van der Waals surface area contributed by atoms with Crippen molar-refractivity contribution in [2.24, 2.45) is 5.73 Å². The Morgan fingerprint density at radius 3 is 2.76 bits per heavy atom. The van der Waals surface area contributed by atoms with Crippen molar-refractivity contribution in [3.05, 3.63) is 56.2 Å². The van der Waals surface area contributed by atoms with Gasteiger partial charge in [0.1, 0.15) is 0 Å². The number of hydrogen-bond donors (Lipinski definition) is 1. The van der Waals surface area contributed by atoms with E-state index in [-0.39, 0.29) is 6.04 Å². The normalized spacial score (nSPS) is 15.9. The molecular formula is C13H12ClNOS. The molecule has 0 bridgehead atoms. The lowest BCUT2D eigenvalue weighted by atomic mass is 10.0. The highest BCUT2D eigenvalue weighted by molar-refractivity contribution is 7.16. The van der Waals surface area contributed by atoms with Crippen LogP contribution in [0, 0.1) is 0 Å². The van der Waals surface area contributed by atoms with Gasteiger partial charge in [-0.25, -0.2) is 0 Å². The van der Waals surface area contributed by atoms with Crippen LogP contribution in [-0.4, -0.2) is 0 Å². The van der Waals surface area contributed by atoms with Crippen LogP contribution in [0.2, 0.25) is 4.34 Å². The van der Waals surface area contributed by atoms with Gasteiger partial charge in [0.25, 0.3) is 0 Å². The number of ether oxygens (including phenoxy) is 1. The van der Waals surface area contributed by atoms with Crippen molar-refractivity contribution in [2.45, 2.75) is 19.3 Å². The van der Waals surface area contributed by atoms with E-state index in [1.165, 1.54) is 22.5 Å². The molecule has 0 radical (unpaired) electrons. The minimum absolute atomic E-state index is 0.0987. The van der Waals surface area contributed by atoms with Gasteiger partial charge >= 0.3 is 0 Å². The Kier molecular flexibility index (Phi) is 2.92. The maximum absolute atomic E-state index is 6.23. The minimum atomic E-state index is -0.0987. The van der Waals surface area contributed by atoms with Crippen LogP contribution in [0.5, 0.6) is 0 Å². The topological polar surface area (TPSA) is 35.2 Å². The fourth-order valence-electron chi connectivity index (χ4n) is 2.05. The highest BCUT2D eigenvalue weighted by Gasteiger charge is 2.16. The van der Waals surface area contributed by atoms with Gasteiger partial charge in [-0.15, -0.1) is 11.3 Å². The SMILES string of the molecule is NC(c1ccc2c(c1)COC2)c1ccc(Cl)s1. The first-order valence-electron chi connectivity index (χ1n) is 5.44. The van der Waals surface area contributed by atoms with Crippen molar-refractivity contribution in [1.29, 1.82) is 0 Å². The average molecular weight is 266 g/mol. The van der Waals surface area contributed by atoms with Crippen molar-refractivity contribution in [3.8, 4) is 0 Å². The van der Waals surface area contributed by atoms with Gasteiger partial charge in [0.05, 0.1) is 23.6 Å². The fraction of sp³-hybridized carbons (Fsp3) is 0.231. The Morgan fingerprint density at radius 1 is 1.18 bits per heavy atom. The van der Waals surface area contributed by atoms with E-state index in [9.17, 15) is 0 Å². The second-order valence-electron chi connectivity index (χ2n) is 4.14. The molecule has 2 heterocycles. The molecule has 0 spiro atoms. The Labute approximate surface area is 109 Å². The standard InChI is InChI=1S/C13H12ClNOS/c14-12-4-3-11(17-12)13(15)8-1-2-9-6-16-7-10(9)5-8/h1-5,13H,6-7,15H2. The average Bonchev–Trinajstić information content (AvgIpc) is 2.95. The molecule has 1 aromatic carbocycles. The monoisotopic (exact) mass is 265 g/mol. The number of hydrogen-bond acceptors (Lipinski definition) is 3. The summed E-state index contributed by atoms with van der Waals surface area (Å²) in [5, 5.41) is 0. The minimum Gasteiger partial charge on any atom is -0.372 e. The molecular weight excluding hydrogens is 254 g/mol. The van der Waals surface area contributed by atoms with E-state index in [2.05, 4.69) is 18.2 Å². The molecule has 88 valence electrons. The molecule has 4 heteroatoms. The van der Waals surface area contributed by atoms with Gasteiger partial charge in [0.15, 0.2) is 0 Å². The molecule has 1 aromatic heterocycles. The van der Waals surface area contributed by atoms with E-state index in [0.717, 1.165) is 21.4 Å².